The number of nitrogens with two attached hydrogens (primary N) is 1. The van der Waals surface area contributed by atoms with E-state index in [1.165, 1.54) is 18.2 Å². The standard InChI is InChI=1S/C9H13NO4S2/c1-16(13,14)5-15-9(12)7-3-2-6(10)4-8(7)11/h2-4,11-12,15H,5,10H2,1H3. The molecule has 4 N–H and O–H groups in total. The first-order valence-corrected chi connectivity index (χ1v) is 7.43. The minimum atomic E-state index is -3.15. The molecule has 0 unspecified atom stereocenters. The molecule has 0 spiro atoms. The van der Waals surface area contributed by atoms with Crippen molar-refractivity contribution in [1.82, 2.24) is 0 Å². The van der Waals surface area contributed by atoms with Crippen LogP contribution >= 0.6 is 11.4 Å². The minimum Gasteiger partial charge on any atom is -0.507 e. The number of hydrogen-bond donors (Lipinski definition) is 4. The average molecular weight is 263 g/mol. The second-order valence-corrected chi connectivity index (χ2v) is 6.94. The van der Waals surface area contributed by atoms with Gasteiger partial charge in [0.1, 0.15) is 10.8 Å². The van der Waals surface area contributed by atoms with E-state index < -0.39 is 9.84 Å². The lowest BCUT2D eigenvalue weighted by Gasteiger charge is -2.04. The van der Waals surface area contributed by atoms with Gasteiger partial charge in [0.2, 0.25) is 0 Å². The molecule has 0 amide bonds. The fourth-order valence-corrected chi connectivity index (χ4v) is 2.79. The van der Waals surface area contributed by atoms with Crippen LogP contribution in [0.25, 0.3) is 0 Å². The number of aliphatic hydroxyl groups excluding tert-OH is 1. The van der Waals surface area contributed by atoms with Gasteiger partial charge < -0.3 is 15.9 Å². The Balaban J connectivity index is 3.01. The number of hydrogen-bond acceptors (Lipinski definition) is 4. The van der Waals surface area contributed by atoms with Gasteiger partial charge in [0, 0.05) is 18.0 Å². The molecule has 1 aromatic carbocycles. The third-order valence-electron chi connectivity index (χ3n) is 1.71. The molecule has 0 atom stereocenters. The van der Waals surface area contributed by atoms with Crippen LogP contribution in [0.15, 0.2) is 18.2 Å². The van der Waals surface area contributed by atoms with Gasteiger partial charge in [-0.05, 0) is 12.1 Å². The zero-order valence-electron chi connectivity index (χ0n) is 8.58. The third kappa shape index (κ3) is 3.84. The highest BCUT2D eigenvalue weighted by atomic mass is 32.3. The Hall–Kier alpha value is -1.05. The molecule has 1 rings (SSSR count). The van der Waals surface area contributed by atoms with Gasteiger partial charge >= 0.3 is 0 Å². The normalized spacial score (nSPS) is 13.2. The fraction of sp³-hybridized carbons (Fsp3) is 0.222. The van der Waals surface area contributed by atoms with Crippen LogP contribution in [0.3, 0.4) is 0 Å². The third-order valence-corrected chi connectivity index (χ3v) is 4.64. The molecule has 0 fully saturated rings. The lowest BCUT2D eigenvalue weighted by molar-refractivity contribution is 0.470. The molecule has 0 radical (unpaired) electrons. The monoisotopic (exact) mass is 263 g/mol. The molecule has 0 aromatic heterocycles. The van der Waals surface area contributed by atoms with E-state index in [0.29, 0.717) is 5.69 Å². The summed E-state index contributed by atoms with van der Waals surface area (Å²) in [7, 11) is -3.15. The number of aliphatic hydroxyl groups is 1. The Kier molecular flexibility index (Phi) is 3.95. The first kappa shape index (κ1) is 13.0. The van der Waals surface area contributed by atoms with Crippen LogP contribution in [0.4, 0.5) is 5.69 Å². The molecule has 0 heterocycles. The van der Waals surface area contributed by atoms with Gasteiger partial charge in [0.25, 0.3) is 0 Å². The van der Waals surface area contributed by atoms with Gasteiger partial charge in [-0.3, -0.25) is 0 Å². The van der Waals surface area contributed by atoms with Crippen LogP contribution in [0.1, 0.15) is 5.56 Å². The molecular formula is C9H13NO4S2. The summed E-state index contributed by atoms with van der Waals surface area (Å²) in [6, 6.07) is 4.25. The molecule has 0 saturated heterocycles. The Bertz CT molecular complexity index is 522. The number of aromatic hydroxyl groups is 1. The molecule has 0 saturated carbocycles. The molecule has 90 valence electrons. The van der Waals surface area contributed by atoms with Crippen LogP contribution in [-0.4, -0.2) is 35.0 Å². The number of nitrogen functional groups attached to an aromatic ring is 1. The van der Waals surface area contributed by atoms with Gasteiger partial charge in [-0.1, -0.05) is 0 Å². The molecule has 0 aliphatic rings. The predicted octanol–water partition coefficient (Wildman–Crippen LogP) is 0.478. The maximum absolute atomic E-state index is 10.9. The Labute approximate surface area is 97.4 Å². The van der Waals surface area contributed by atoms with Gasteiger partial charge in [0.05, 0.1) is 10.6 Å². The number of sulfone groups is 1. The number of phenols is 1. The van der Waals surface area contributed by atoms with Crippen molar-refractivity contribution < 1.29 is 18.6 Å². The number of rotatable bonds is 3. The minimum absolute atomic E-state index is 0.168. The molecule has 5 nitrogen and oxygen atoms in total. The van der Waals surface area contributed by atoms with Crippen LogP contribution in [0.5, 0.6) is 5.75 Å². The maximum Gasteiger partial charge on any atom is 0.156 e. The summed E-state index contributed by atoms with van der Waals surface area (Å²) in [6.07, 6.45) is 1.08. The van der Waals surface area contributed by atoms with Crippen molar-refractivity contribution in [2.75, 3.05) is 17.1 Å². The average Bonchev–Trinajstić information content (AvgIpc) is 2.13. The van der Waals surface area contributed by atoms with Gasteiger partial charge in [-0.25, -0.2) is 8.42 Å². The van der Waals surface area contributed by atoms with E-state index >= 15 is 0 Å². The predicted molar refractivity (Wildman–Crippen MR) is 68.0 cm³/mol. The van der Waals surface area contributed by atoms with Crippen LogP contribution in [0, 0.1) is 0 Å². The van der Waals surface area contributed by atoms with Crippen molar-refractivity contribution in [1.29, 1.82) is 0 Å². The highest BCUT2D eigenvalue weighted by molar-refractivity contribution is 8.11. The van der Waals surface area contributed by atoms with E-state index in [0.717, 1.165) is 6.26 Å². The Morgan fingerprint density at radius 2 is 2.12 bits per heavy atom. The molecule has 0 aliphatic heterocycles. The van der Waals surface area contributed by atoms with Crippen molar-refractivity contribution in [3.8, 4) is 5.75 Å². The SMILES string of the molecule is CS(=O)(=O)C[SH]=C(O)c1ccc(N)cc1O. The van der Waals surface area contributed by atoms with E-state index in [2.05, 4.69) is 0 Å². The largest absolute Gasteiger partial charge is 0.507 e. The number of benzene rings is 1. The van der Waals surface area contributed by atoms with Gasteiger partial charge in [0.15, 0.2) is 9.84 Å². The van der Waals surface area contributed by atoms with Crippen LogP contribution in [-0.2, 0) is 9.84 Å². The summed E-state index contributed by atoms with van der Waals surface area (Å²) in [6.45, 7) is 0. The summed E-state index contributed by atoms with van der Waals surface area (Å²) in [4.78, 5) is 0. The van der Waals surface area contributed by atoms with E-state index in [1.54, 1.807) is 0 Å². The van der Waals surface area contributed by atoms with Gasteiger partial charge in [-0.15, -0.1) is 0 Å². The van der Waals surface area contributed by atoms with Crippen molar-refractivity contribution in [3.05, 3.63) is 23.8 Å². The fourth-order valence-electron chi connectivity index (χ4n) is 1.00. The molecule has 16 heavy (non-hydrogen) atoms. The lowest BCUT2D eigenvalue weighted by Crippen LogP contribution is -2.02. The van der Waals surface area contributed by atoms with Crippen molar-refractivity contribution in [2.24, 2.45) is 0 Å². The lowest BCUT2D eigenvalue weighted by atomic mass is 10.2. The highest BCUT2D eigenvalue weighted by Gasteiger charge is 2.06. The smallest absolute Gasteiger partial charge is 0.156 e. The van der Waals surface area contributed by atoms with E-state index in [1.807, 2.05) is 0 Å². The van der Waals surface area contributed by atoms with Crippen molar-refractivity contribution >= 4 is 31.9 Å². The topological polar surface area (TPSA) is 101 Å². The summed E-state index contributed by atoms with van der Waals surface area (Å²) in [5.41, 5.74) is 5.99. The molecule has 0 bridgehead atoms. The number of phenolic OH excluding ortho intramolecular Hbond substituents is 1. The van der Waals surface area contributed by atoms with Crippen LogP contribution in [0.2, 0.25) is 0 Å². The second-order valence-electron chi connectivity index (χ2n) is 3.31. The first-order chi connectivity index (χ1) is 7.29. The Morgan fingerprint density at radius 3 is 2.62 bits per heavy atom. The van der Waals surface area contributed by atoms with E-state index in [4.69, 9.17) is 5.73 Å². The highest BCUT2D eigenvalue weighted by Crippen LogP contribution is 2.21. The van der Waals surface area contributed by atoms with E-state index in [-0.39, 0.29) is 32.8 Å². The summed E-state index contributed by atoms with van der Waals surface area (Å²) < 4.78 is 21.8. The second kappa shape index (κ2) is 4.86. The summed E-state index contributed by atoms with van der Waals surface area (Å²) in [5.74, 6) is -0.168. The molecule has 7 heteroatoms. The first-order valence-electron chi connectivity index (χ1n) is 4.29. The van der Waals surface area contributed by atoms with Crippen molar-refractivity contribution in [3.63, 3.8) is 0 Å². The molecule has 0 aliphatic carbocycles. The quantitative estimate of drug-likeness (QED) is 0.361. The van der Waals surface area contributed by atoms with E-state index in [9.17, 15) is 18.6 Å². The maximum atomic E-state index is 10.9. The molecular weight excluding hydrogens is 250 g/mol. The summed E-state index contributed by atoms with van der Waals surface area (Å²) in [5, 5.41) is 18.7. The zero-order valence-corrected chi connectivity index (χ0v) is 10.3. The zero-order chi connectivity index (χ0) is 12.3. The number of thiol groups is 1. The molecule has 1 aromatic rings. The Morgan fingerprint density at radius 1 is 1.50 bits per heavy atom. The van der Waals surface area contributed by atoms with Crippen molar-refractivity contribution in [2.45, 2.75) is 0 Å². The van der Waals surface area contributed by atoms with Crippen LogP contribution < -0.4 is 5.73 Å². The number of anilines is 1. The summed E-state index contributed by atoms with van der Waals surface area (Å²) >= 11 is 0.226. The van der Waals surface area contributed by atoms with Gasteiger partial charge in [-0.2, -0.15) is 11.4 Å².